The summed E-state index contributed by atoms with van der Waals surface area (Å²) in [5.41, 5.74) is 1.28. The van der Waals surface area contributed by atoms with Crippen molar-refractivity contribution in [1.82, 2.24) is 0 Å². The monoisotopic (exact) mass is 165 g/mol. The van der Waals surface area contributed by atoms with Crippen molar-refractivity contribution in [3.8, 4) is 0 Å². The van der Waals surface area contributed by atoms with E-state index in [1.54, 1.807) is 11.8 Å². The van der Waals surface area contributed by atoms with Crippen molar-refractivity contribution in [2.24, 2.45) is 0 Å². The number of hydrogen-bond acceptors (Lipinski definition) is 2. The molecule has 0 amide bonds. The molecule has 58 valence electrons. The Bertz CT molecular complexity index is 228. The SMILES string of the molecule is Cc1ccc(SCC=N)cc1. The van der Waals surface area contributed by atoms with E-state index in [-0.39, 0.29) is 0 Å². The Morgan fingerprint density at radius 2 is 2.00 bits per heavy atom. The highest BCUT2D eigenvalue weighted by molar-refractivity contribution is 7.99. The minimum absolute atomic E-state index is 0.767. The van der Waals surface area contributed by atoms with Crippen LogP contribution in [-0.4, -0.2) is 12.0 Å². The van der Waals surface area contributed by atoms with Gasteiger partial charge in [-0.05, 0) is 19.1 Å². The van der Waals surface area contributed by atoms with Crippen LogP contribution in [0.2, 0.25) is 0 Å². The highest BCUT2D eigenvalue weighted by Crippen LogP contribution is 2.16. The normalized spacial score (nSPS) is 9.55. The topological polar surface area (TPSA) is 23.9 Å². The minimum atomic E-state index is 0.767. The lowest BCUT2D eigenvalue weighted by molar-refractivity contribution is 1.38. The van der Waals surface area contributed by atoms with E-state index < -0.39 is 0 Å². The van der Waals surface area contributed by atoms with Gasteiger partial charge in [0.2, 0.25) is 0 Å². The summed E-state index contributed by atoms with van der Waals surface area (Å²) in [5, 5.41) is 6.85. The van der Waals surface area contributed by atoms with Crippen LogP contribution in [0.3, 0.4) is 0 Å². The molecule has 0 heterocycles. The molecule has 0 aliphatic heterocycles. The van der Waals surface area contributed by atoms with Crippen molar-refractivity contribution in [3.05, 3.63) is 29.8 Å². The first-order valence-electron chi connectivity index (χ1n) is 3.51. The third-order valence-corrected chi connectivity index (χ3v) is 2.29. The van der Waals surface area contributed by atoms with E-state index >= 15 is 0 Å². The third kappa shape index (κ3) is 2.76. The number of nitrogens with one attached hydrogen (secondary N) is 1. The second-order valence-corrected chi connectivity index (χ2v) is 3.42. The van der Waals surface area contributed by atoms with Crippen LogP contribution in [0.5, 0.6) is 0 Å². The van der Waals surface area contributed by atoms with Crippen LogP contribution in [-0.2, 0) is 0 Å². The standard InChI is InChI=1S/C9H11NS/c1-8-2-4-9(5-3-8)11-7-6-10/h2-6,10H,7H2,1H3. The average molecular weight is 165 g/mol. The molecule has 0 unspecified atom stereocenters. The summed E-state index contributed by atoms with van der Waals surface area (Å²) in [7, 11) is 0. The quantitative estimate of drug-likeness (QED) is 0.540. The molecule has 1 N–H and O–H groups in total. The maximum Gasteiger partial charge on any atom is 0.0328 e. The number of thioether (sulfide) groups is 1. The summed E-state index contributed by atoms with van der Waals surface area (Å²) < 4.78 is 0. The molecule has 11 heavy (non-hydrogen) atoms. The fourth-order valence-corrected chi connectivity index (χ4v) is 1.38. The van der Waals surface area contributed by atoms with Crippen molar-refractivity contribution in [2.75, 3.05) is 5.75 Å². The molecule has 0 atom stereocenters. The zero-order chi connectivity index (χ0) is 8.10. The van der Waals surface area contributed by atoms with E-state index in [0.717, 1.165) is 5.75 Å². The molecule has 0 aliphatic rings. The second-order valence-electron chi connectivity index (χ2n) is 2.33. The molecule has 1 rings (SSSR count). The zero-order valence-electron chi connectivity index (χ0n) is 6.50. The summed E-state index contributed by atoms with van der Waals surface area (Å²) >= 11 is 1.69. The summed E-state index contributed by atoms with van der Waals surface area (Å²) in [6.07, 6.45) is 1.42. The largest absolute Gasteiger partial charge is 0.312 e. The van der Waals surface area contributed by atoms with Crippen molar-refractivity contribution < 1.29 is 0 Å². The Morgan fingerprint density at radius 1 is 1.36 bits per heavy atom. The summed E-state index contributed by atoms with van der Waals surface area (Å²) in [6, 6.07) is 8.35. The van der Waals surface area contributed by atoms with Gasteiger partial charge in [0.05, 0.1) is 0 Å². The molecule has 0 saturated carbocycles. The van der Waals surface area contributed by atoms with Gasteiger partial charge in [-0.3, -0.25) is 0 Å². The number of benzene rings is 1. The van der Waals surface area contributed by atoms with Crippen LogP contribution in [0.15, 0.2) is 29.2 Å². The molecule has 0 aliphatic carbocycles. The molecule has 0 fully saturated rings. The van der Waals surface area contributed by atoms with Crippen LogP contribution in [0.1, 0.15) is 5.56 Å². The van der Waals surface area contributed by atoms with Crippen LogP contribution < -0.4 is 0 Å². The molecule has 0 spiro atoms. The first kappa shape index (κ1) is 8.34. The molecule has 0 bridgehead atoms. The fourth-order valence-electron chi connectivity index (χ4n) is 0.772. The number of rotatable bonds is 3. The average Bonchev–Trinajstić information content (AvgIpc) is 2.04. The predicted octanol–water partition coefficient (Wildman–Crippen LogP) is 2.74. The maximum absolute atomic E-state index is 6.85. The molecular formula is C9H11NS. The summed E-state index contributed by atoms with van der Waals surface area (Å²) in [6.45, 7) is 2.07. The van der Waals surface area contributed by atoms with Crippen LogP contribution in [0.4, 0.5) is 0 Å². The predicted molar refractivity (Wildman–Crippen MR) is 50.7 cm³/mol. The molecule has 0 radical (unpaired) electrons. The van der Waals surface area contributed by atoms with E-state index in [0.29, 0.717) is 0 Å². The maximum atomic E-state index is 6.85. The number of aryl methyl sites for hydroxylation is 1. The Kier molecular flexibility index (Phi) is 3.17. The summed E-state index contributed by atoms with van der Waals surface area (Å²) in [4.78, 5) is 1.24. The Balaban J connectivity index is 2.58. The lowest BCUT2D eigenvalue weighted by Crippen LogP contribution is -1.78. The minimum Gasteiger partial charge on any atom is -0.312 e. The van der Waals surface area contributed by atoms with Crippen molar-refractivity contribution >= 4 is 18.0 Å². The van der Waals surface area contributed by atoms with E-state index in [1.165, 1.54) is 16.7 Å². The van der Waals surface area contributed by atoms with Gasteiger partial charge in [-0.15, -0.1) is 11.8 Å². The zero-order valence-corrected chi connectivity index (χ0v) is 7.32. The van der Waals surface area contributed by atoms with Crippen LogP contribution in [0.25, 0.3) is 0 Å². The Labute approximate surface area is 71.3 Å². The number of hydrogen-bond donors (Lipinski definition) is 1. The van der Waals surface area contributed by atoms with Gasteiger partial charge in [0.15, 0.2) is 0 Å². The van der Waals surface area contributed by atoms with Crippen LogP contribution >= 0.6 is 11.8 Å². The fraction of sp³-hybridized carbons (Fsp3) is 0.222. The van der Waals surface area contributed by atoms with E-state index in [4.69, 9.17) is 5.41 Å². The van der Waals surface area contributed by atoms with Gasteiger partial charge in [-0.1, -0.05) is 17.7 Å². The van der Waals surface area contributed by atoms with E-state index in [1.807, 2.05) is 0 Å². The first-order valence-corrected chi connectivity index (χ1v) is 4.50. The highest BCUT2D eigenvalue weighted by Gasteiger charge is 1.89. The molecule has 2 heteroatoms. The molecule has 1 aromatic carbocycles. The van der Waals surface area contributed by atoms with Crippen LogP contribution in [0, 0.1) is 12.3 Å². The third-order valence-electron chi connectivity index (χ3n) is 1.35. The smallest absolute Gasteiger partial charge is 0.0328 e. The summed E-state index contributed by atoms with van der Waals surface area (Å²) in [5.74, 6) is 0.767. The van der Waals surface area contributed by atoms with E-state index in [9.17, 15) is 0 Å². The molecule has 1 aromatic rings. The van der Waals surface area contributed by atoms with E-state index in [2.05, 4.69) is 31.2 Å². The van der Waals surface area contributed by atoms with Crippen molar-refractivity contribution in [1.29, 1.82) is 5.41 Å². The van der Waals surface area contributed by atoms with Gasteiger partial charge in [0.25, 0.3) is 0 Å². The molecular weight excluding hydrogens is 154 g/mol. The first-order chi connectivity index (χ1) is 5.33. The van der Waals surface area contributed by atoms with Crippen molar-refractivity contribution in [2.45, 2.75) is 11.8 Å². The van der Waals surface area contributed by atoms with Gasteiger partial charge >= 0.3 is 0 Å². The second kappa shape index (κ2) is 4.19. The van der Waals surface area contributed by atoms with Gasteiger partial charge in [-0.25, -0.2) is 0 Å². The Hall–Kier alpha value is -0.760. The van der Waals surface area contributed by atoms with Gasteiger partial charge in [-0.2, -0.15) is 0 Å². The van der Waals surface area contributed by atoms with Crippen molar-refractivity contribution in [3.63, 3.8) is 0 Å². The molecule has 1 nitrogen and oxygen atoms in total. The molecule has 0 saturated heterocycles. The van der Waals surface area contributed by atoms with Gasteiger partial charge in [0, 0.05) is 16.9 Å². The lowest BCUT2D eigenvalue weighted by Gasteiger charge is -1.97. The van der Waals surface area contributed by atoms with Gasteiger partial charge < -0.3 is 5.41 Å². The Morgan fingerprint density at radius 3 is 2.55 bits per heavy atom. The molecule has 0 aromatic heterocycles. The lowest BCUT2D eigenvalue weighted by atomic mass is 10.2. The highest BCUT2D eigenvalue weighted by atomic mass is 32.2. The van der Waals surface area contributed by atoms with Gasteiger partial charge in [0.1, 0.15) is 0 Å².